The van der Waals surface area contributed by atoms with Crippen LogP contribution in [0.5, 0.6) is 0 Å². The number of aryl methyl sites for hydroxylation is 2. The number of H-pyrrole nitrogens is 1. The van der Waals surface area contributed by atoms with Crippen molar-refractivity contribution in [1.29, 1.82) is 0 Å². The molecule has 4 rings (SSSR count). The Morgan fingerprint density at radius 1 is 1.03 bits per heavy atom. The fraction of sp³-hybridized carbons (Fsp3) is 0.619. The Bertz CT molecular complexity index is 1280. The van der Waals surface area contributed by atoms with E-state index in [1.165, 1.54) is 23.3 Å². The van der Waals surface area contributed by atoms with Gasteiger partial charge in [0.1, 0.15) is 0 Å². The van der Waals surface area contributed by atoms with Crippen molar-refractivity contribution in [2.45, 2.75) is 63.1 Å². The normalized spacial score (nSPS) is 20.7. The number of nitrogens with zero attached hydrogens (tertiary/aromatic N) is 2. The summed E-state index contributed by atoms with van der Waals surface area (Å²) in [6, 6.07) is -2.98. The van der Waals surface area contributed by atoms with Crippen LogP contribution in [0.4, 0.5) is 36.4 Å². The number of aromatic amines is 1. The molecule has 14 heteroatoms. The molecule has 2 fully saturated rings. The number of benzene rings is 1. The van der Waals surface area contributed by atoms with Gasteiger partial charge in [0.05, 0.1) is 22.6 Å². The first-order chi connectivity index (χ1) is 16.0. The number of rotatable bonds is 4. The minimum atomic E-state index is -6.08. The van der Waals surface area contributed by atoms with Crippen LogP contribution in [-0.2, 0) is 0 Å². The molecule has 2 unspecified atom stereocenters. The van der Waals surface area contributed by atoms with Crippen LogP contribution in [0.2, 0.25) is 0 Å². The van der Waals surface area contributed by atoms with Crippen LogP contribution < -0.4 is 21.9 Å². The molecule has 7 nitrogen and oxygen atoms in total. The predicted molar refractivity (Wildman–Crippen MR) is 112 cm³/mol. The van der Waals surface area contributed by atoms with Gasteiger partial charge in [-0.15, -0.1) is 0 Å². The van der Waals surface area contributed by atoms with Crippen LogP contribution >= 0.6 is 0 Å². The van der Waals surface area contributed by atoms with E-state index in [-0.39, 0.29) is 46.7 Å². The highest BCUT2D eigenvalue weighted by molar-refractivity contribution is 5.90. The molecule has 0 amide bonds. The van der Waals surface area contributed by atoms with Crippen LogP contribution in [0, 0.1) is 25.6 Å². The Labute approximate surface area is 193 Å². The average Bonchev–Trinajstić information content (AvgIpc) is 3.45. The van der Waals surface area contributed by atoms with Gasteiger partial charge in [0.2, 0.25) is 0 Å². The van der Waals surface area contributed by atoms with E-state index in [0.29, 0.717) is 12.8 Å². The Hall–Kier alpha value is -2.61. The van der Waals surface area contributed by atoms with Crippen LogP contribution in [0.25, 0.3) is 10.9 Å². The number of nitrogens with one attached hydrogen (secondary N) is 1. The van der Waals surface area contributed by atoms with E-state index in [0.717, 1.165) is 0 Å². The van der Waals surface area contributed by atoms with Gasteiger partial charge in [-0.05, 0) is 39.0 Å². The summed E-state index contributed by atoms with van der Waals surface area (Å²) < 4.78 is 96.6. The van der Waals surface area contributed by atoms with Gasteiger partial charge in [-0.1, -0.05) is 0 Å². The third-order valence-corrected chi connectivity index (χ3v) is 7.07. The highest BCUT2D eigenvalue weighted by Gasteiger charge is 2.74. The van der Waals surface area contributed by atoms with Gasteiger partial charge in [-0.3, -0.25) is 14.3 Å². The highest BCUT2D eigenvalue weighted by Crippen LogP contribution is 2.48. The van der Waals surface area contributed by atoms with Crippen molar-refractivity contribution in [3.63, 3.8) is 0 Å². The van der Waals surface area contributed by atoms with Crippen molar-refractivity contribution in [3.8, 4) is 0 Å². The monoisotopic (exact) mass is 512 g/mol. The number of hydrogen-bond acceptors (Lipinski definition) is 5. The summed E-state index contributed by atoms with van der Waals surface area (Å²) in [5.74, 6) is -2.36. The van der Waals surface area contributed by atoms with E-state index in [1.54, 1.807) is 0 Å². The Morgan fingerprint density at radius 3 is 2.11 bits per heavy atom. The molecule has 2 heterocycles. The summed E-state index contributed by atoms with van der Waals surface area (Å²) >= 11 is 0. The molecule has 0 bridgehead atoms. The Balaban J connectivity index is 1.80. The molecule has 2 aromatic rings. The van der Waals surface area contributed by atoms with Crippen molar-refractivity contribution in [2.24, 2.45) is 11.7 Å². The number of aliphatic hydroxyl groups is 1. The summed E-state index contributed by atoms with van der Waals surface area (Å²) in [4.78, 5) is 28.4. The number of hydrogen-bond donors (Lipinski definition) is 3. The van der Waals surface area contributed by atoms with Crippen molar-refractivity contribution in [2.75, 3.05) is 18.0 Å². The first-order valence-electron chi connectivity index (χ1n) is 10.9. The summed E-state index contributed by atoms with van der Waals surface area (Å²) in [6.45, 7) is 2.09. The Kier molecular flexibility index (Phi) is 5.79. The Morgan fingerprint density at radius 2 is 1.60 bits per heavy atom. The second kappa shape index (κ2) is 7.95. The number of fused-ring (bicyclic) bond motifs is 1. The third-order valence-electron chi connectivity index (χ3n) is 7.07. The predicted octanol–water partition coefficient (Wildman–Crippen LogP) is 2.79. The largest absolute Gasteiger partial charge is 0.427 e. The van der Waals surface area contributed by atoms with Crippen molar-refractivity contribution >= 4 is 16.6 Å². The van der Waals surface area contributed by atoms with E-state index in [2.05, 4.69) is 4.98 Å². The van der Waals surface area contributed by atoms with Gasteiger partial charge in [0.15, 0.2) is 5.82 Å². The first kappa shape index (κ1) is 25.5. The highest BCUT2D eigenvalue weighted by atomic mass is 19.4. The molecule has 0 spiro atoms. The fourth-order valence-corrected chi connectivity index (χ4v) is 5.05. The summed E-state index contributed by atoms with van der Waals surface area (Å²) in [7, 11) is 0. The fourth-order valence-electron chi connectivity index (χ4n) is 5.05. The maximum Gasteiger partial charge on any atom is 0.427 e. The molecule has 2 atom stereocenters. The number of halogens is 7. The molecule has 1 saturated heterocycles. The molecular weight excluding hydrogens is 489 g/mol. The van der Waals surface area contributed by atoms with Crippen LogP contribution in [0.15, 0.2) is 9.59 Å². The minimum absolute atomic E-state index is 0.0498. The van der Waals surface area contributed by atoms with E-state index < -0.39 is 53.5 Å². The molecule has 35 heavy (non-hydrogen) atoms. The molecular formula is C21H23F7N4O3. The molecule has 4 N–H and O–H groups in total. The van der Waals surface area contributed by atoms with Crippen LogP contribution in [-0.4, -0.2) is 51.7 Å². The van der Waals surface area contributed by atoms with Gasteiger partial charge in [0, 0.05) is 30.3 Å². The second-order valence-electron chi connectivity index (χ2n) is 9.28. The van der Waals surface area contributed by atoms with E-state index in [4.69, 9.17) is 5.73 Å². The zero-order chi connectivity index (χ0) is 26.2. The molecule has 1 aliphatic carbocycles. The van der Waals surface area contributed by atoms with E-state index in [1.807, 2.05) is 0 Å². The van der Waals surface area contributed by atoms with Crippen LogP contribution in [0.3, 0.4) is 0 Å². The lowest BCUT2D eigenvalue weighted by atomic mass is 9.83. The minimum Gasteiger partial charge on any atom is -0.372 e. The maximum atomic E-state index is 15.5. The molecule has 194 valence electrons. The molecule has 1 aliphatic heterocycles. The van der Waals surface area contributed by atoms with Gasteiger partial charge >= 0.3 is 18.0 Å². The zero-order valence-corrected chi connectivity index (χ0v) is 18.6. The SMILES string of the molecule is Cc1c(F)c(N2CCC(C(N)C(O)(C(F)(F)F)C(F)(F)F)C2)c(C)c2c1c(=O)[nH]c(=O)n2C1CC1. The second-order valence-corrected chi connectivity index (χ2v) is 9.28. The number of nitrogens with two attached hydrogens (primary N) is 1. The summed E-state index contributed by atoms with van der Waals surface area (Å²) in [5, 5.41) is 9.64. The topological polar surface area (TPSA) is 104 Å². The number of alkyl halides is 6. The third kappa shape index (κ3) is 3.72. The number of anilines is 1. The molecule has 0 radical (unpaired) electrons. The molecule has 2 aliphatic rings. The maximum absolute atomic E-state index is 15.5. The van der Waals surface area contributed by atoms with E-state index in [9.17, 15) is 41.0 Å². The smallest absolute Gasteiger partial charge is 0.372 e. The standard InChI is InChI=1S/C21H23F7N4O3/c1-8-12-14(32(11-3-4-11)18(34)30-17(12)33)9(2)15(13(8)22)31-6-5-10(7-31)16(29)19(35,20(23,24)25)21(26,27)28/h10-11,16,35H,3-7,29H2,1-2H3,(H,30,33,34). The lowest BCUT2D eigenvalue weighted by molar-refractivity contribution is -0.377. The van der Waals surface area contributed by atoms with Crippen LogP contribution in [0.1, 0.15) is 36.4 Å². The first-order valence-corrected chi connectivity index (χ1v) is 10.9. The quantitative estimate of drug-likeness (QED) is 0.547. The zero-order valence-electron chi connectivity index (χ0n) is 18.6. The molecule has 1 aromatic carbocycles. The lowest BCUT2D eigenvalue weighted by Crippen LogP contribution is -2.69. The summed E-state index contributed by atoms with van der Waals surface area (Å²) in [5.41, 5.74) is -1.16. The summed E-state index contributed by atoms with van der Waals surface area (Å²) in [6.07, 6.45) is -11.1. The van der Waals surface area contributed by atoms with Gasteiger partial charge in [-0.25, -0.2) is 9.18 Å². The van der Waals surface area contributed by atoms with Crippen molar-refractivity contribution in [3.05, 3.63) is 37.8 Å². The molecule has 1 saturated carbocycles. The van der Waals surface area contributed by atoms with Gasteiger partial charge in [0.25, 0.3) is 11.2 Å². The van der Waals surface area contributed by atoms with Gasteiger partial charge < -0.3 is 15.7 Å². The van der Waals surface area contributed by atoms with Crippen molar-refractivity contribution < 1.29 is 35.8 Å². The van der Waals surface area contributed by atoms with Gasteiger partial charge in [-0.2, -0.15) is 26.3 Å². The lowest BCUT2D eigenvalue weighted by Gasteiger charge is -2.39. The van der Waals surface area contributed by atoms with Crippen molar-refractivity contribution in [1.82, 2.24) is 9.55 Å². The average molecular weight is 512 g/mol. The molecule has 1 aromatic heterocycles. The number of aromatic nitrogens is 2. The van der Waals surface area contributed by atoms with E-state index >= 15 is 4.39 Å².